The molecule has 24 heavy (non-hydrogen) atoms. The Hall–Kier alpha value is -0.874. The second kappa shape index (κ2) is 9.57. The molecule has 5 heteroatoms. The van der Waals surface area contributed by atoms with Crippen molar-refractivity contribution < 1.29 is 14.0 Å². The molecule has 0 bridgehead atoms. The second-order valence-electron chi connectivity index (χ2n) is 7.15. The standard InChI is InChI=1S/C19H30O3SeSi/c1-7-21-18(20)14-13-17(23-16-11-9-8-10-12-16)15-22-24(5,6)19(2,3)4/h8-14,17H,7,15H2,1-6H3/b14-13+/t17-/m1/s1. The molecule has 0 spiro atoms. The van der Waals surface area contributed by atoms with E-state index in [1.165, 1.54) is 4.46 Å². The minimum atomic E-state index is -1.80. The molecule has 1 aromatic rings. The molecule has 0 saturated carbocycles. The van der Waals surface area contributed by atoms with E-state index < -0.39 is 8.32 Å². The van der Waals surface area contributed by atoms with Gasteiger partial charge in [0.2, 0.25) is 0 Å². The predicted octanol–water partition coefficient (Wildman–Crippen LogP) is 3.95. The summed E-state index contributed by atoms with van der Waals surface area (Å²) < 4.78 is 12.7. The summed E-state index contributed by atoms with van der Waals surface area (Å²) in [4.78, 5) is 11.8. The topological polar surface area (TPSA) is 35.5 Å². The van der Waals surface area contributed by atoms with Crippen LogP contribution in [-0.2, 0) is 14.0 Å². The van der Waals surface area contributed by atoms with Crippen LogP contribution in [0.3, 0.4) is 0 Å². The van der Waals surface area contributed by atoms with Crippen LogP contribution >= 0.6 is 0 Å². The summed E-state index contributed by atoms with van der Waals surface area (Å²) in [5.41, 5.74) is 0. The van der Waals surface area contributed by atoms with Crippen LogP contribution in [0.5, 0.6) is 0 Å². The van der Waals surface area contributed by atoms with Crippen LogP contribution in [0.15, 0.2) is 42.5 Å². The zero-order chi connectivity index (χ0) is 18.2. The van der Waals surface area contributed by atoms with Crippen LogP contribution in [0.2, 0.25) is 22.9 Å². The Morgan fingerprint density at radius 2 is 1.88 bits per heavy atom. The molecule has 0 aliphatic carbocycles. The average Bonchev–Trinajstić information content (AvgIpc) is 2.50. The Labute approximate surface area is 154 Å². The fraction of sp³-hybridized carbons (Fsp3) is 0.526. The molecule has 0 fully saturated rings. The van der Waals surface area contributed by atoms with E-state index in [9.17, 15) is 4.79 Å². The quantitative estimate of drug-likeness (QED) is 0.368. The van der Waals surface area contributed by atoms with Gasteiger partial charge in [0, 0.05) is 0 Å². The van der Waals surface area contributed by atoms with Crippen LogP contribution in [0, 0.1) is 0 Å². The fourth-order valence-electron chi connectivity index (χ4n) is 1.69. The van der Waals surface area contributed by atoms with Gasteiger partial charge in [-0.05, 0) is 0 Å². The van der Waals surface area contributed by atoms with Crippen LogP contribution < -0.4 is 4.46 Å². The van der Waals surface area contributed by atoms with Gasteiger partial charge in [0.25, 0.3) is 0 Å². The van der Waals surface area contributed by atoms with Gasteiger partial charge in [-0.2, -0.15) is 0 Å². The van der Waals surface area contributed by atoms with E-state index in [0.29, 0.717) is 13.2 Å². The van der Waals surface area contributed by atoms with Gasteiger partial charge in [-0.3, -0.25) is 0 Å². The Balaban J connectivity index is 2.79. The van der Waals surface area contributed by atoms with Gasteiger partial charge in [0.05, 0.1) is 0 Å². The number of rotatable bonds is 8. The van der Waals surface area contributed by atoms with E-state index in [1.807, 2.05) is 19.1 Å². The fourth-order valence-corrected chi connectivity index (χ4v) is 4.99. The van der Waals surface area contributed by atoms with Crippen molar-refractivity contribution in [2.45, 2.75) is 50.6 Å². The molecule has 0 saturated heterocycles. The molecule has 1 atom stereocenters. The van der Waals surface area contributed by atoms with Crippen molar-refractivity contribution in [3.8, 4) is 0 Å². The summed E-state index contributed by atoms with van der Waals surface area (Å²) >= 11 is 0.215. The maximum absolute atomic E-state index is 11.6. The molecule has 0 heterocycles. The first-order valence-corrected chi connectivity index (χ1v) is 13.1. The number of benzene rings is 1. The van der Waals surface area contributed by atoms with Crippen LogP contribution in [0.1, 0.15) is 27.7 Å². The van der Waals surface area contributed by atoms with Crippen molar-refractivity contribution in [1.29, 1.82) is 0 Å². The molecule has 1 rings (SSSR count). The summed E-state index contributed by atoms with van der Waals surface area (Å²) in [6.07, 6.45) is 3.51. The third-order valence-corrected chi connectivity index (χ3v) is 11.1. The minimum absolute atomic E-state index is 0.183. The molecular weight excluding hydrogens is 383 g/mol. The van der Waals surface area contributed by atoms with E-state index in [-0.39, 0.29) is 30.8 Å². The van der Waals surface area contributed by atoms with Crippen molar-refractivity contribution >= 4 is 33.7 Å². The average molecular weight is 413 g/mol. The number of esters is 1. The van der Waals surface area contributed by atoms with Gasteiger partial charge in [-0.25, -0.2) is 0 Å². The molecule has 0 amide bonds. The molecule has 0 aliphatic rings. The summed E-state index contributed by atoms with van der Waals surface area (Å²) in [7, 11) is -1.80. The Morgan fingerprint density at radius 3 is 2.42 bits per heavy atom. The molecule has 0 aliphatic heterocycles. The first kappa shape index (κ1) is 21.2. The number of carbonyl (C=O) groups is 1. The van der Waals surface area contributed by atoms with E-state index in [4.69, 9.17) is 9.16 Å². The summed E-state index contributed by atoms with van der Waals surface area (Å²) in [6.45, 7) is 14.1. The first-order chi connectivity index (χ1) is 11.2. The maximum atomic E-state index is 11.6. The van der Waals surface area contributed by atoms with Crippen LogP contribution in [-0.4, -0.2) is 42.5 Å². The van der Waals surface area contributed by atoms with Crippen molar-refractivity contribution in [1.82, 2.24) is 0 Å². The molecular formula is C19H30O3SeSi. The number of ether oxygens (including phenoxy) is 1. The van der Waals surface area contributed by atoms with Crippen molar-refractivity contribution in [2.75, 3.05) is 13.2 Å². The Morgan fingerprint density at radius 1 is 1.25 bits per heavy atom. The zero-order valence-corrected chi connectivity index (χ0v) is 18.4. The molecule has 0 aromatic heterocycles. The summed E-state index contributed by atoms with van der Waals surface area (Å²) in [6, 6.07) is 10.4. The predicted molar refractivity (Wildman–Crippen MR) is 105 cm³/mol. The van der Waals surface area contributed by atoms with Gasteiger partial charge in [-0.1, -0.05) is 0 Å². The molecule has 3 nitrogen and oxygen atoms in total. The van der Waals surface area contributed by atoms with Gasteiger partial charge < -0.3 is 0 Å². The van der Waals surface area contributed by atoms with Gasteiger partial charge in [-0.15, -0.1) is 0 Å². The SMILES string of the molecule is CCOC(=O)/C=C/[C@H](CO[Si](C)(C)C(C)(C)C)[Se]c1ccccc1. The van der Waals surface area contributed by atoms with Gasteiger partial charge in [0.15, 0.2) is 0 Å². The number of hydrogen-bond acceptors (Lipinski definition) is 3. The Bertz CT molecular complexity index is 535. The normalized spacial score (nSPS) is 13.9. The summed E-state index contributed by atoms with van der Waals surface area (Å²) in [5, 5.41) is 0.183. The van der Waals surface area contributed by atoms with E-state index in [1.54, 1.807) is 6.08 Å². The number of hydrogen-bond donors (Lipinski definition) is 0. The monoisotopic (exact) mass is 414 g/mol. The van der Waals surface area contributed by atoms with E-state index in [0.717, 1.165) is 0 Å². The van der Waals surface area contributed by atoms with Crippen molar-refractivity contribution in [3.05, 3.63) is 42.5 Å². The van der Waals surface area contributed by atoms with Gasteiger partial charge in [0.1, 0.15) is 0 Å². The number of carbonyl (C=O) groups excluding carboxylic acids is 1. The Kier molecular flexibility index (Phi) is 8.44. The van der Waals surface area contributed by atoms with Crippen LogP contribution in [0.25, 0.3) is 0 Å². The third kappa shape index (κ3) is 7.35. The van der Waals surface area contributed by atoms with Crippen LogP contribution in [0.4, 0.5) is 0 Å². The first-order valence-electron chi connectivity index (χ1n) is 8.36. The van der Waals surface area contributed by atoms with Crippen molar-refractivity contribution in [2.24, 2.45) is 0 Å². The zero-order valence-electron chi connectivity index (χ0n) is 15.7. The third-order valence-electron chi connectivity index (χ3n) is 4.18. The molecule has 0 N–H and O–H groups in total. The van der Waals surface area contributed by atoms with E-state index in [2.05, 4.69) is 58.1 Å². The molecule has 0 unspecified atom stereocenters. The molecule has 134 valence electrons. The second-order valence-corrected chi connectivity index (χ2v) is 14.7. The van der Waals surface area contributed by atoms with Gasteiger partial charge >= 0.3 is 154 Å². The van der Waals surface area contributed by atoms with E-state index >= 15 is 0 Å². The molecule has 0 radical (unpaired) electrons. The molecule has 1 aromatic carbocycles. The summed E-state index contributed by atoms with van der Waals surface area (Å²) in [5.74, 6) is -0.279. The van der Waals surface area contributed by atoms with Crippen molar-refractivity contribution in [3.63, 3.8) is 0 Å².